The zero-order valence-electron chi connectivity index (χ0n) is 10.2. The third-order valence-corrected chi connectivity index (χ3v) is 2.17. The second kappa shape index (κ2) is 7.79. The normalized spacial score (nSPS) is 8.72. The molecule has 0 aliphatic heterocycles. The first-order valence-electron chi connectivity index (χ1n) is 5.58. The van der Waals surface area contributed by atoms with Crippen LogP contribution in [-0.2, 0) is 9.59 Å². The molecule has 0 aliphatic carbocycles. The van der Waals surface area contributed by atoms with E-state index in [1.165, 1.54) is 6.92 Å². The summed E-state index contributed by atoms with van der Waals surface area (Å²) < 4.78 is 0. The van der Waals surface area contributed by atoms with Crippen molar-refractivity contribution >= 4 is 24.1 Å². The highest BCUT2D eigenvalue weighted by molar-refractivity contribution is 5.86. The summed E-state index contributed by atoms with van der Waals surface area (Å²) in [6, 6.07) is 19.1. The average Bonchev–Trinajstić information content (AvgIpc) is 2.43. The Bertz CT molecular complexity index is 429. The predicted molar refractivity (Wildman–Crippen MR) is 72.8 cm³/mol. The predicted octanol–water partition coefficient (Wildman–Crippen LogP) is 3.19. The Morgan fingerprint density at radius 3 is 1.39 bits per heavy atom. The fraction of sp³-hybridized carbons (Fsp3) is 0.0667. The summed E-state index contributed by atoms with van der Waals surface area (Å²) in [5.74, 6) is 0. The molecule has 0 saturated heterocycles. The molecule has 3 heteroatoms. The molecule has 1 amide bonds. The van der Waals surface area contributed by atoms with Crippen LogP contribution in [0.15, 0.2) is 60.7 Å². The van der Waals surface area contributed by atoms with Crippen LogP contribution in [0.2, 0.25) is 0 Å². The summed E-state index contributed by atoms with van der Waals surface area (Å²) in [7, 11) is 0. The van der Waals surface area contributed by atoms with Crippen molar-refractivity contribution < 1.29 is 9.59 Å². The summed E-state index contributed by atoms with van der Waals surface area (Å²) in [5.41, 5.74) is 1.75. The van der Waals surface area contributed by atoms with E-state index in [0.717, 1.165) is 24.1 Å². The molecular weight excluding hydrogens is 226 g/mol. The number of carbonyl (C=O) groups is 2. The topological polar surface area (TPSA) is 37.4 Å². The van der Waals surface area contributed by atoms with Gasteiger partial charge in [-0.3, -0.25) is 9.69 Å². The molecule has 0 bridgehead atoms. The van der Waals surface area contributed by atoms with Gasteiger partial charge in [-0.25, -0.2) is 0 Å². The summed E-state index contributed by atoms with van der Waals surface area (Å²) >= 11 is 0. The number of benzene rings is 2. The third kappa shape index (κ3) is 3.87. The van der Waals surface area contributed by atoms with E-state index in [2.05, 4.69) is 0 Å². The Morgan fingerprint density at radius 1 is 0.778 bits per heavy atom. The molecule has 0 N–H and O–H groups in total. The maximum Gasteiger partial charge on any atom is 0.218 e. The molecule has 92 valence electrons. The lowest BCUT2D eigenvalue weighted by Crippen LogP contribution is -2.13. The third-order valence-electron chi connectivity index (χ3n) is 2.17. The van der Waals surface area contributed by atoms with Crippen LogP contribution in [0, 0.1) is 0 Å². The Kier molecular flexibility index (Phi) is 5.90. The molecular formula is C15H15NO2. The van der Waals surface area contributed by atoms with Crippen LogP contribution in [0.4, 0.5) is 11.4 Å². The number of amides is 1. The Balaban J connectivity index is 0.000000492. The van der Waals surface area contributed by atoms with Gasteiger partial charge < -0.3 is 4.79 Å². The number of aldehydes is 1. The summed E-state index contributed by atoms with van der Waals surface area (Å²) in [6.45, 7) is 1.44. The number of anilines is 2. The molecule has 0 aliphatic rings. The molecule has 0 atom stereocenters. The van der Waals surface area contributed by atoms with Gasteiger partial charge in [0.1, 0.15) is 6.29 Å². The van der Waals surface area contributed by atoms with Crippen molar-refractivity contribution in [2.75, 3.05) is 4.90 Å². The van der Waals surface area contributed by atoms with E-state index in [1.807, 2.05) is 60.7 Å². The Morgan fingerprint density at radius 2 is 1.11 bits per heavy atom. The van der Waals surface area contributed by atoms with Gasteiger partial charge in [0, 0.05) is 11.4 Å². The van der Waals surface area contributed by atoms with E-state index in [9.17, 15) is 4.79 Å². The fourth-order valence-corrected chi connectivity index (χ4v) is 1.45. The first kappa shape index (κ1) is 13.6. The van der Waals surface area contributed by atoms with Gasteiger partial charge in [-0.2, -0.15) is 0 Å². The highest BCUT2D eigenvalue weighted by Gasteiger charge is 2.05. The van der Waals surface area contributed by atoms with E-state index in [0.29, 0.717) is 0 Å². The molecule has 0 spiro atoms. The molecule has 0 radical (unpaired) electrons. The molecule has 2 aromatic rings. The van der Waals surface area contributed by atoms with E-state index >= 15 is 0 Å². The van der Waals surface area contributed by atoms with Gasteiger partial charge >= 0.3 is 0 Å². The van der Waals surface area contributed by atoms with Gasteiger partial charge in [0.15, 0.2) is 0 Å². The van der Waals surface area contributed by atoms with Crippen molar-refractivity contribution in [1.82, 2.24) is 0 Å². The van der Waals surface area contributed by atoms with E-state index < -0.39 is 0 Å². The van der Waals surface area contributed by atoms with E-state index in [1.54, 1.807) is 4.90 Å². The van der Waals surface area contributed by atoms with Gasteiger partial charge in [-0.1, -0.05) is 36.4 Å². The first-order chi connectivity index (χ1) is 8.83. The SMILES string of the molecule is CC=O.O=CN(c1ccccc1)c1ccccc1. The van der Waals surface area contributed by atoms with Crippen molar-refractivity contribution in [3.63, 3.8) is 0 Å². The lowest BCUT2D eigenvalue weighted by Gasteiger charge is -2.16. The van der Waals surface area contributed by atoms with E-state index in [-0.39, 0.29) is 0 Å². The summed E-state index contributed by atoms with van der Waals surface area (Å²) in [4.78, 5) is 21.4. The van der Waals surface area contributed by atoms with Crippen molar-refractivity contribution in [1.29, 1.82) is 0 Å². The Labute approximate surface area is 107 Å². The molecule has 18 heavy (non-hydrogen) atoms. The zero-order valence-corrected chi connectivity index (χ0v) is 10.2. The lowest BCUT2D eigenvalue weighted by atomic mass is 10.2. The smallest absolute Gasteiger partial charge is 0.218 e. The quantitative estimate of drug-likeness (QED) is 0.774. The minimum atomic E-state index is 0.750. The van der Waals surface area contributed by atoms with Crippen LogP contribution in [0.5, 0.6) is 0 Å². The van der Waals surface area contributed by atoms with Crippen LogP contribution in [0.3, 0.4) is 0 Å². The maximum absolute atomic E-state index is 11.0. The minimum absolute atomic E-state index is 0.750. The first-order valence-corrected chi connectivity index (χ1v) is 5.58. The highest BCUT2D eigenvalue weighted by atomic mass is 16.1. The summed E-state index contributed by atoms with van der Waals surface area (Å²) in [6.07, 6.45) is 1.57. The maximum atomic E-state index is 11.0. The molecule has 2 aromatic carbocycles. The average molecular weight is 241 g/mol. The van der Waals surface area contributed by atoms with Crippen molar-refractivity contribution in [3.05, 3.63) is 60.7 Å². The van der Waals surface area contributed by atoms with E-state index in [4.69, 9.17) is 4.79 Å². The number of carbonyl (C=O) groups excluding carboxylic acids is 2. The fourth-order valence-electron chi connectivity index (χ4n) is 1.45. The molecule has 0 aromatic heterocycles. The van der Waals surface area contributed by atoms with Gasteiger partial charge in [0.2, 0.25) is 6.41 Å². The number of para-hydroxylation sites is 2. The minimum Gasteiger partial charge on any atom is -0.304 e. The van der Waals surface area contributed by atoms with Gasteiger partial charge in [-0.15, -0.1) is 0 Å². The number of nitrogens with zero attached hydrogens (tertiary/aromatic N) is 1. The Hall–Kier alpha value is -2.42. The largest absolute Gasteiger partial charge is 0.304 e. The van der Waals surface area contributed by atoms with Crippen LogP contribution >= 0.6 is 0 Å². The number of hydrogen-bond donors (Lipinski definition) is 0. The second-order valence-electron chi connectivity index (χ2n) is 3.38. The van der Waals surface area contributed by atoms with Gasteiger partial charge in [0.25, 0.3) is 0 Å². The van der Waals surface area contributed by atoms with Crippen molar-refractivity contribution in [2.45, 2.75) is 6.92 Å². The highest BCUT2D eigenvalue weighted by Crippen LogP contribution is 2.22. The van der Waals surface area contributed by atoms with Gasteiger partial charge in [0.05, 0.1) is 0 Å². The van der Waals surface area contributed by atoms with Crippen molar-refractivity contribution in [2.24, 2.45) is 0 Å². The molecule has 0 saturated carbocycles. The zero-order chi connectivity index (χ0) is 13.2. The molecule has 0 fully saturated rings. The molecule has 3 nitrogen and oxygen atoms in total. The van der Waals surface area contributed by atoms with Crippen LogP contribution in [0.1, 0.15) is 6.92 Å². The van der Waals surface area contributed by atoms with Gasteiger partial charge in [-0.05, 0) is 31.2 Å². The summed E-state index contributed by atoms with van der Waals surface area (Å²) in [5, 5.41) is 0. The standard InChI is InChI=1S/C13H11NO.C2H4O/c15-11-14(12-7-3-1-4-8-12)13-9-5-2-6-10-13;1-2-3/h1-11H;2H,1H3. The molecule has 2 rings (SSSR count). The second-order valence-corrected chi connectivity index (χ2v) is 3.38. The number of rotatable bonds is 3. The van der Waals surface area contributed by atoms with Crippen LogP contribution in [-0.4, -0.2) is 12.7 Å². The van der Waals surface area contributed by atoms with Crippen LogP contribution < -0.4 is 4.90 Å². The molecule has 0 unspecified atom stereocenters. The van der Waals surface area contributed by atoms with Crippen molar-refractivity contribution in [3.8, 4) is 0 Å². The monoisotopic (exact) mass is 241 g/mol. The lowest BCUT2D eigenvalue weighted by molar-refractivity contribution is -0.107. The number of hydrogen-bond acceptors (Lipinski definition) is 2. The molecule has 0 heterocycles. The van der Waals surface area contributed by atoms with Crippen LogP contribution in [0.25, 0.3) is 0 Å².